The largest absolute Gasteiger partial charge is 0.481 e. The van der Waals surface area contributed by atoms with E-state index in [9.17, 15) is 14.4 Å². The number of thiazole rings is 1. The monoisotopic (exact) mass is 381 g/mol. The number of rotatable bonds is 5. The van der Waals surface area contributed by atoms with E-state index in [1.807, 2.05) is 6.92 Å². The van der Waals surface area contributed by atoms with Gasteiger partial charge in [0.2, 0.25) is 5.91 Å². The van der Waals surface area contributed by atoms with Crippen molar-refractivity contribution in [3.63, 3.8) is 0 Å². The van der Waals surface area contributed by atoms with Gasteiger partial charge in [0.15, 0.2) is 4.96 Å². The van der Waals surface area contributed by atoms with Crippen LogP contribution in [0.3, 0.4) is 0 Å². The molecule has 3 rings (SSSR count). The summed E-state index contributed by atoms with van der Waals surface area (Å²) < 4.78 is 1.49. The molecule has 2 atom stereocenters. The molecule has 1 N–H and O–H groups in total. The van der Waals surface area contributed by atoms with Gasteiger partial charge in [-0.1, -0.05) is 0 Å². The summed E-state index contributed by atoms with van der Waals surface area (Å²) >= 11 is 2.79. The van der Waals surface area contributed by atoms with Crippen LogP contribution < -0.4 is 5.56 Å². The van der Waals surface area contributed by atoms with Crippen molar-refractivity contribution in [3.05, 3.63) is 33.7 Å². The number of aromatic nitrogens is 2. The molecule has 9 heteroatoms. The van der Waals surface area contributed by atoms with Crippen LogP contribution in [-0.4, -0.2) is 49.6 Å². The van der Waals surface area contributed by atoms with Gasteiger partial charge < -0.3 is 10.0 Å². The van der Waals surface area contributed by atoms with E-state index in [1.165, 1.54) is 33.6 Å². The van der Waals surface area contributed by atoms with Gasteiger partial charge >= 0.3 is 5.97 Å². The molecule has 1 aliphatic heterocycles. The lowest BCUT2D eigenvalue weighted by molar-refractivity contribution is -0.146. The molecule has 2 unspecified atom stereocenters. The Morgan fingerprint density at radius 2 is 2.24 bits per heavy atom. The summed E-state index contributed by atoms with van der Waals surface area (Å²) in [5, 5.41) is 11.0. The average molecular weight is 381 g/mol. The Kier molecular flexibility index (Phi) is 5.43. The maximum Gasteiger partial charge on any atom is 0.308 e. The summed E-state index contributed by atoms with van der Waals surface area (Å²) in [5.74, 6) is -0.654. The number of carbonyl (C=O) groups is 2. The number of carbonyl (C=O) groups excluding carboxylic acids is 1. The van der Waals surface area contributed by atoms with Crippen LogP contribution in [0.15, 0.2) is 22.4 Å². The van der Waals surface area contributed by atoms with Gasteiger partial charge in [-0.05, 0) is 19.8 Å². The molecule has 0 saturated carbocycles. The highest BCUT2D eigenvalue weighted by Crippen LogP contribution is 2.23. The zero-order valence-corrected chi connectivity index (χ0v) is 15.4. The van der Waals surface area contributed by atoms with Crippen LogP contribution in [0.5, 0.6) is 0 Å². The van der Waals surface area contributed by atoms with Crippen LogP contribution in [0, 0.1) is 5.92 Å². The molecule has 134 valence electrons. The van der Waals surface area contributed by atoms with E-state index >= 15 is 0 Å². The number of hydrogen-bond acceptors (Lipinski definition) is 6. The van der Waals surface area contributed by atoms with Gasteiger partial charge in [-0.3, -0.25) is 18.8 Å². The Morgan fingerprint density at radius 1 is 1.44 bits per heavy atom. The number of aliphatic carboxylic acids is 1. The molecule has 2 aromatic heterocycles. The zero-order valence-electron chi connectivity index (χ0n) is 13.8. The highest BCUT2D eigenvalue weighted by atomic mass is 32.2. The molecule has 2 aromatic rings. The van der Waals surface area contributed by atoms with E-state index in [0.29, 0.717) is 29.2 Å². The lowest BCUT2D eigenvalue weighted by atomic mass is 9.93. The Hall–Kier alpha value is -1.87. The molecule has 3 heterocycles. The van der Waals surface area contributed by atoms with Gasteiger partial charge in [-0.15, -0.1) is 23.1 Å². The molecule has 1 saturated heterocycles. The Morgan fingerprint density at radius 3 is 3.00 bits per heavy atom. The molecule has 0 aromatic carbocycles. The number of carboxylic acids is 1. The molecule has 0 bridgehead atoms. The highest BCUT2D eigenvalue weighted by Gasteiger charge is 2.32. The van der Waals surface area contributed by atoms with Crippen molar-refractivity contribution in [2.24, 2.45) is 5.92 Å². The number of fused-ring (bicyclic) bond motifs is 1. The Bertz CT molecular complexity index is 847. The summed E-state index contributed by atoms with van der Waals surface area (Å²) in [5.41, 5.74) is 0.530. The van der Waals surface area contributed by atoms with Crippen molar-refractivity contribution in [3.8, 4) is 0 Å². The molecule has 0 radical (unpaired) electrons. The van der Waals surface area contributed by atoms with Crippen LogP contribution in [0.1, 0.15) is 25.5 Å². The normalized spacial score (nSPS) is 20.8. The molecular formula is C16H19N3O4S2. The third-order valence-corrected chi connectivity index (χ3v) is 6.09. The van der Waals surface area contributed by atoms with Crippen molar-refractivity contribution in [1.82, 2.24) is 14.3 Å². The van der Waals surface area contributed by atoms with Crippen LogP contribution in [0.2, 0.25) is 0 Å². The predicted molar refractivity (Wildman–Crippen MR) is 97.0 cm³/mol. The van der Waals surface area contributed by atoms with Crippen LogP contribution in [-0.2, 0) is 15.3 Å². The maximum absolute atomic E-state index is 12.4. The number of amides is 1. The van der Waals surface area contributed by atoms with Crippen molar-refractivity contribution >= 4 is 39.9 Å². The number of thioether (sulfide) groups is 1. The smallest absolute Gasteiger partial charge is 0.308 e. The highest BCUT2D eigenvalue weighted by molar-refractivity contribution is 7.99. The average Bonchev–Trinajstić information content (AvgIpc) is 3.04. The van der Waals surface area contributed by atoms with E-state index in [4.69, 9.17) is 5.11 Å². The lowest BCUT2D eigenvalue weighted by Gasteiger charge is -2.36. The number of carboxylic acid groups (broad SMARTS) is 1. The van der Waals surface area contributed by atoms with Gasteiger partial charge in [-0.25, -0.2) is 4.98 Å². The number of hydrogen-bond donors (Lipinski definition) is 1. The van der Waals surface area contributed by atoms with E-state index < -0.39 is 11.9 Å². The van der Waals surface area contributed by atoms with Crippen LogP contribution in [0.4, 0.5) is 0 Å². The fraction of sp³-hybridized carbons (Fsp3) is 0.500. The van der Waals surface area contributed by atoms with Crippen molar-refractivity contribution in [2.75, 3.05) is 12.3 Å². The molecule has 0 aliphatic carbocycles. The third kappa shape index (κ3) is 4.04. The second-order valence-electron chi connectivity index (χ2n) is 6.14. The van der Waals surface area contributed by atoms with E-state index in [-0.39, 0.29) is 29.8 Å². The molecule has 7 nitrogen and oxygen atoms in total. The number of nitrogens with zero attached hydrogens (tertiary/aromatic N) is 3. The lowest BCUT2D eigenvalue weighted by Crippen LogP contribution is -2.48. The fourth-order valence-electron chi connectivity index (χ4n) is 2.94. The SMILES string of the molecule is CC1CCC(C(=O)O)CN1C(=O)CSCc1cc(=O)n2ccsc2n1. The Balaban J connectivity index is 1.57. The second kappa shape index (κ2) is 7.57. The molecule has 25 heavy (non-hydrogen) atoms. The van der Waals surface area contributed by atoms with Crippen LogP contribution in [0.25, 0.3) is 4.96 Å². The maximum atomic E-state index is 12.4. The molecule has 1 amide bonds. The predicted octanol–water partition coefficient (Wildman–Crippen LogP) is 1.70. The van der Waals surface area contributed by atoms with Crippen molar-refractivity contribution < 1.29 is 14.7 Å². The first-order valence-corrected chi connectivity index (χ1v) is 10.0. The Labute approximate surface area is 152 Å². The minimum Gasteiger partial charge on any atom is -0.481 e. The van der Waals surface area contributed by atoms with E-state index in [0.717, 1.165) is 0 Å². The number of likely N-dealkylation sites (tertiary alicyclic amines) is 1. The standard InChI is InChI=1S/C16H19N3O4S2/c1-10-2-3-11(15(22)23)7-19(10)14(21)9-24-8-12-6-13(20)18-4-5-25-16(18)17-12/h4-6,10-11H,2-3,7-9H2,1H3,(H,22,23). The molecule has 1 fully saturated rings. The number of piperidine rings is 1. The second-order valence-corrected chi connectivity index (χ2v) is 8.00. The van der Waals surface area contributed by atoms with E-state index in [1.54, 1.807) is 16.5 Å². The summed E-state index contributed by atoms with van der Waals surface area (Å²) in [7, 11) is 0. The third-order valence-electron chi connectivity index (χ3n) is 4.38. The van der Waals surface area contributed by atoms with Gasteiger partial charge in [-0.2, -0.15) is 0 Å². The summed E-state index contributed by atoms with van der Waals surface area (Å²) in [4.78, 5) is 42.3. The quantitative estimate of drug-likeness (QED) is 0.848. The zero-order chi connectivity index (χ0) is 18.0. The summed E-state index contributed by atoms with van der Waals surface area (Å²) in [6, 6.07) is 1.55. The molecule has 0 spiro atoms. The molecule has 1 aliphatic rings. The summed E-state index contributed by atoms with van der Waals surface area (Å²) in [6.07, 6.45) is 3.01. The van der Waals surface area contributed by atoms with Gasteiger partial charge in [0.1, 0.15) is 0 Å². The van der Waals surface area contributed by atoms with Gasteiger partial charge in [0, 0.05) is 36.0 Å². The first kappa shape index (κ1) is 17.9. The molecular weight excluding hydrogens is 362 g/mol. The van der Waals surface area contributed by atoms with Gasteiger partial charge in [0.05, 0.1) is 17.4 Å². The summed E-state index contributed by atoms with van der Waals surface area (Å²) in [6.45, 7) is 2.23. The van der Waals surface area contributed by atoms with Crippen molar-refractivity contribution in [1.29, 1.82) is 0 Å². The fourth-order valence-corrected chi connectivity index (χ4v) is 4.48. The van der Waals surface area contributed by atoms with Crippen molar-refractivity contribution in [2.45, 2.75) is 31.6 Å². The first-order valence-electron chi connectivity index (χ1n) is 8.01. The van der Waals surface area contributed by atoms with Gasteiger partial charge in [0.25, 0.3) is 5.56 Å². The first-order chi connectivity index (χ1) is 12.0. The topological polar surface area (TPSA) is 92.0 Å². The minimum atomic E-state index is -0.841. The van der Waals surface area contributed by atoms with Crippen LogP contribution >= 0.6 is 23.1 Å². The minimum absolute atomic E-state index is 0.0580. The van der Waals surface area contributed by atoms with E-state index in [2.05, 4.69) is 4.98 Å².